The van der Waals surface area contributed by atoms with Crippen LogP contribution in [0, 0.1) is 13.0 Å². The zero-order valence-corrected chi connectivity index (χ0v) is 6.46. The lowest BCUT2D eigenvalue weighted by Crippen LogP contribution is -1.73. The van der Waals surface area contributed by atoms with E-state index in [-0.39, 0.29) is 0 Å². The number of benzene rings is 2. The van der Waals surface area contributed by atoms with Crippen LogP contribution in [-0.4, -0.2) is 0 Å². The molecule has 0 atom stereocenters. The second kappa shape index (κ2) is 2.39. The Balaban J connectivity index is 2.83. The zero-order valence-electron chi connectivity index (χ0n) is 6.46. The summed E-state index contributed by atoms with van der Waals surface area (Å²) in [4.78, 5) is 0. The highest BCUT2D eigenvalue weighted by Gasteiger charge is 1.89. The Kier molecular flexibility index (Phi) is 1.39. The quantitative estimate of drug-likeness (QED) is 0.529. The van der Waals surface area contributed by atoms with Gasteiger partial charge in [0, 0.05) is 0 Å². The van der Waals surface area contributed by atoms with E-state index >= 15 is 0 Å². The number of rotatable bonds is 0. The summed E-state index contributed by atoms with van der Waals surface area (Å²) in [7, 11) is 0. The van der Waals surface area contributed by atoms with E-state index in [1.165, 1.54) is 16.3 Å². The predicted molar refractivity (Wildman–Crippen MR) is 47.5 cm³/mol. The van der Waals surface area contributed by atoms with Crippen LogP contribution in [0.15, 0.2) is 36.4 Å². The van der Waals surface area contributed by atoms with Gasteiger partial charge in [0.2, 0.25) is 0 Å². The molecule has 11 heavy (non-hydrogen) atoms. The minimum absolute atomic E-state index is 1.27. The molecular weight excluding hydrogens is 132 g/mol. The molecule has 53 valence electrons. The number of hydrogen-bond acceptors (Lipinski definition) is 0. The molecule has 0 bridgehead atoms. The van der Waals surface area contributed by atoms with E-state index in [1.807, 2.05) is 12.1 Å². The van der Waals surface area contributed by atoms with Gasteiger partial charge in [0.25, 0.3) is 0 Å². The third-order valence-electron chi connectivity index (χ3n) is 1.84. The van der Waals surface area contributed by atoms with Crippen LogP contribution in [0.1, 0.15) is 5.56 Å². The summed E-state index contributed by atoms with van der Waals surface area (Å²) in [6, 6.07) is 15.5. The van der Waals surface area contributed by atoms with Crippen molar-refractivity contribution in [3.63, 3.8) is 0 Å². The van der Waals surface area contributed by atoms with Gasteiger partial charge in [0.05, 0.1) is 0 Å². The van der Waals surface area contributed by atoms with Crippen molar-refractivity contribution >= 4 is 10.8 Å². The fourth-order valence-electron chi connectivity index (χ4n) is 1.25. The average Bonchev–Trinajstić information content (AvgIpc) is 2.04. The molecule has 0 aliphatic heterocycles. The molecule has 0 saturated carbocycles. The fraction of sp³-hybridized carbons (Fsp3) is 0.0909. The molecule has 2 aromatic carbocycles. The van der Waals surface area contributed by atoms with Crippen molar-refractivity contribution in [3.8, 4) is 0 Å². The Bertz CT molecular complexity index is 374. The molecule has 0 unspecified atom stereocenters. The minimum Gasteiger partial charge on any atom is -0.0587 e. The highest BCUT2D eigenvalue weighted by atomic mass is 13.9. The maximum Gasteiger partial charge on any atom is -0.0175 e. The van der Waals surface area contributed by atoms with Crippen LogP contribution >= 0.6 is 0 Å². The Labute approximate surface area is 66.5 Å². The summed E-state index contributed by atoms with van der Waals surface area (Å²) in [5.41, 5.74) is 1.30. The van der Waals surface area contributed by atoms with Gasteiger partial charge in [-0.3, -0.25) is 0 Å². The normalized spacial score (nSPS) is 10.3. The lowest BCUT2D eigenvalue weighted by Gasteiger charge is -1.96. The first-order valence-corrected chi connectivity index (χ1v) is 3.73. The van der Waals surface area contributed by atoms with E-state index in [2.05, 4.69) is 37.3 Å². The van der Waals surface area contributed by atoms with Crippen molar-refractivity contribution in [2.24, 2.45) is 0 Å². The monoisotopic (exact) mass is 141 g/mol. The molecule has 0 aliphatic rings. The molecule has 0 saturated heterocycles. The van der Waals surface area contributed by atoms with Crippen molar-refractivity contribution in [2.45, 2.75) is 6.92 Å². The van der Waals surface area contributed by atoms with E-state index in [1.54, 1.807) is 0 Å². The maximum atomic E-state index is 3.06. The highest BCUT2D eigenvalue weighted by Crippen LogP contribution is 2.13. The van der Waals surface area contributed by atoms with Gasteiger partial charge in [0.15, 0.2) is 0 Å². The molecular formula is C11H9. The van der Waals surface area contributed by atoms with Crippen molar-refractivity contribution in [2.75, 3.05) is 0 Å². The van der Waals surface area contributed by atoms with Crippen molar-refractivity contribution in [1.82, 2.24) is 0 Å². The second-order valence-electron chi connectivity index (χ2n) is 2.78. The van der Waals surface area contributed by atoms with E-state index in [9.17, 15) is 0 Å². The minimum atomic E-state index is 1.27. The first-order chi connectivity index (χ1) is 5.36. The molecule has 0 N–H and O–H groups in total. The molecule has 1 radical (unpaired) electrons. The number of hydrogen-bond donors (Lipinski definition) is 0. The Morgan fingerprint density at radius 1 is 1.09 bits per heavy atom. The first kappa shape index (κ1) is 6.41. The SMILES string of the molecule is Cc1ccc2cc[c]cc2c1. The van der Waals surface area contributed by atoms with Crippen LogP contribution in [0.2, 0.25) is 0 Å². The number of aryl methyl sites for hydroxylation is 1. The molecule has 0 spiro atoms. The molecule has 2 aromatic rings. The second-order valence-corrected chi connectivity index (χ2v) is 2.78. The zero-order chi connectivity index (χ0) is 7.68. The lowest BCUT2D eigenvalue weighted by molar-refractivity contribution is 1.51. The van der Waals surface area contributed by atoms with E-state index in [0.29, 0.717) is 0 Å². The van der Waals surface area contributed by atoms with Crippen LogP contribution in [0.25, 0.3) is 10.8 Å². The molecule has 0 fully saturated rings. The maximum absolute atomic E-state index is 3.06. The summed E-state index contributed by atoms with van der Waals surface area (Å²) in [5.74, 6) is 0. The van der Waals surface area contributed by atoms with E-state index in [4.69, 9.17) is 0 Å². The Morgan fingerprint density at radius 3 is 2.91 bits per heavy atom. The van der Waals surface area contributed by atoms with Crippen molar-refractivity contribution in [3.05, 3.63) is 48.0 Å². The lowest BCUT2D eigenvalue weighted by atomic mass is 10.1. The molecule has 2 rings (SSSR count). The molecule has 0 aliphatic carbocycles. The Morgan fingerprint density at radius 2 is 2.00 bits per heavy atom. The van der Waals surface area contributed by atoms with Gasteiger partial charge < -0.3 is 0 Å². The Hall–Kier alpha value is -1.30. The standard InChI is InChI=1S/C11H9/c1-9-6-7-10-4-2-3-5-11(10)8-9/h2,4-8H,1H3. The topological polar surface area (TPSA) is 0 Å². The highest BCUT2D eigenvalue weighted by molar-refractivity contribution is 5.82. The van der Waals surface area contributed by atoms with Crippen LogP contribution in [0.5, 0.6) is 0 Å². The third kappa shape index (κ3) is 1.12. The van der Waals surface area contributed by atoms with Crippen molar-refractivity contribution in [1.29, 1.82) is 0 Å². The summed E-state index contributed by atoms with van der Waals surface area (Å²) in [5, 5.41) is 2.56. The summed E-state index contributed by atoms with van der Waals surface area (Å²) in [6.45, 7) is 2.10. The smallest absolute Gasteiger partial charge is 0.0175 e. The molecule has 0 nitrogen and oxygen atoms in total. The summed E-state index contributed by atoms with van der Waals surface area (Å²) in [6.07, 6.45) is 0. The van der Waals surface area contributed by atoms with E-state index in [0.717, 1.165) is 0 Å². The first-order valence-electron chi connectivity index (χ1n) is 3.73. The third-order valence-corrected chi connectivity index (χ3v) is 1.84. The van der Waals surface area contributed by atoms with Gasteiger partial charge >= 0.3 is 0 Å². The van der Waals surface area contributed by atoms with Gasteiger partial charge in [-0.2, -0.15) is 0 Å². The largest absolute Gasteiger partial charge is 0.0587 e. The molecule has 0 aromatic heterocycles. The van der Waals surface area contributed by atoms with Gasteiger partial charge in [-0.1, -0.05) is 35.9 Å². The molecule has 0 amide bonds. The van der Waals surface area contributed by atoms with Crippen LogP contribution in [-0.2, 0) is 0 Å². The molecule has 0 heteroatoms. The average molecular weight is 141 g/mol. The van der Waals surface area contributed by atoms with Crippen molar-refractivity contribution < 1.29 is 0 Å². The van der Waals surface area contributed by atoms with E-state index < -0.39 is 0 Å². The predicted octanol–water partition coefficient (Wildman–Crippen LogP) is 2.95. The van der Waals surface area contributed by atoms with Crippen LogP contribution < -0.4 is 0 Å². The van der Waals surface area contributed by atoms with Crippen LogP contribution in [0.3, 0.4) is 0 Å². The fourth-order valence-corrected chi connectivity index (χ4v) is 1.25. The van der Waals surface area contributed by atoms with Gasteiger partial charge in [-0.05, 0) is 29.8 Å². The number of fused-ring (bicyclic) bond motifs is 1. The van der Waals surface area contributed by atoms with Gasteiger partial charge in [-0.15, -0.1) is 0 Å². The summed E-state index contributed by atoms with van der Waals surface area (Å²) >= 11 is 0. The van der Waals surface area contributed by atoms with Gasteiger partial charge in [-0.25, -0.2) is 0 Å². The summed E-state index contributed by atoms with van der Waals surface area (Å²) < 4.78 is 0. The van der Waals surface area contributed by atoms with Gasteiger partial charge in [0.1, 0.15) is 0 Å². The van der Waals surface area contributed by atoms with Crippen LogP contribution in [0.4, 0.5) is 0 Å². The molecule has 0 heterocycles.